The number of nitriles is 1. The van der Waals surface area contributed by atoms with Crippen LogP contribution in [0.3, 0.4) is 0 Å². The molecule has 1 unspecified atom stereocenters. The van der Waals surface area contributed by atoms with Gasteiger partial charge < -0.3 is 5.11 Å². The molecule has 70 valence electrons. The van der Waals surface area contributed by atoms with Crippen molar-refractivity contribution < 1.29 is 5.11 Å². The minimum absolute atomic E-state index is 0.552. The molecule has 1 rings (SSSR count). The maximum absolute atomic E-state index is 9.82. The van der Waals surface area contributed by atoms with E-state index in [-0.39, 0.29) is 0 Å². The third-order valence-corrected chi connectivity index (χ3v) is 3.11. The van der Waals surface area contributed by atoms with Crippen molar-refractivity contribution in [3.63, 3.8) is 0 Å². The predicted molar refractivity (Wildman–Crippen MR) is 53.7 cm³/mol. The van der Waals surface area contributed by atoms with Crippen molar-refractivity contribution in [1.29, 1.82) is 5.26 Å². The second kappa shape index (κ2) is 3.67. The number of aliphatic hydroxyl groups is 1. The molecule has 1 heterocycles. The fraction of sp³-hybridized carbons (Fsp3) is 0.444. The number of halogens is 1. The van der Waals surface area contributed by atoms with Gasteiger partial charge in [0.15, 0.2) is 0 Å². The quantitative estimate of drug-likeness (QED) is 0.825. The SMILES string of the molecule is CC(C)(C#N)C(O)c1ccsc1Cl. The lowest BCUT2D eigenvalue weighted by atomic mass is 9.85. The summed E-state index contributed by atoms with van der Waals surface area (Å²) >= 11 is 7.20. The lowest BCUT2D eigenvalue weighted by Crippen LogP contribution is -2.19. The molecule has 1 N–H and O–H groups in total. The van der Waals surface area contributed by atoms with Crippen LogP contribution < -0.4 is 0 Å². The fourth-order valence-corrected chi connectivity index (χ4v) is 1.92. The third-order valence-electron chi connectivity index (χ3n) is 1.91. The van der Waals surface area contributed by atoms with Crippen LogP contribution >= 0.6 is 22.9 Å². The Balaban J connectivity index is 3.00. The van der Waals surface area contributed by atoms with Crippen LogP contribution in [0, 0.1) is 16.7 Å². The molecular formula is C9H10ClNOS. The minimum Gasteiger partial charge on any atom is -0.387 e. The lowest BCUT2D eigenvalue weighted by molar-refractivity contribution is 0.0873. The van der Waals surface area contributed by atoms with Crippen LogP contribution in [0.15, 0.2) is 11.4 Å². The molecule has 0 radical (unpaired) electrons. The van der Waals surface area contributed by atoms with Gasteiger partial charge in [-0.3, -0.25) is 0 Å². The monoisotopic (exact) mass is 215 g/mol. The van der Waals surface area contributed by atoms with Gasteiger partial charge in [0.25, 0.3) is 0 Å². The molecular weight excluding hydrogens is 206 g/mol. The average Bonchev–Trinajstić information content (AvgIpc) is 2.50. The maximum atomic E-state index is 9.82. The average molecular weight is 216 g/mol. The summed E-state index contributed by atoms with van der Waals surface area (Å²) in [5, 5.41) is 20.4. The Kier molecular flexibility index (Phi) is 2.97. The summed E-state index contributed by atoms with van der Waals surface area (Å²) in [5.41, 5.74) is -0.164. The maximum Gasteiger partial charge on any atom is 0.0993 e. The molecule has 1 aromatic rings. The van der Waals surface area contributed by atoms with Gasteiger partial charge in [-0.05, 0) is 25.3 Å². The van der Waals surface area contributed by atoms with Gasteiger partial charge in [-0.2, -0.15) is 5.26 Å². The summed E-state index contributed by atoms with van der Waals surface area (Å²) in [7, 11) is 0. The van der Waals surface area contributed by atoms with Crippen LogP contribution in [0.1, 0.15) is 25.5 Å². The molecule has 0 saturated carbocycles. The highest BCUT2D eigenvalue weighted by atomic mass is 35.5. The largest absolute Gasteiger partial charge is 0.387 e. The van der Waals surface area contributed by atoms with Crippen LogP contribution in [0.4, 0.5) is 0 Å². The van der Waals surface area contributed by atoms with Crippen molar-refractivity contribution in [1.82, 2.24) is 0 Å². The standard InChI is InChI=1S/C9H10ClNOS/c1-9(2,5-11)7(12)6-3-4-13-8(6)10/h3-4,7,12H,1-2H3. The van der Waals surface area contributed by atoms with E-state index < -0.39 is 11.5 Å². The predicted octanol–water partition coefficient (Wildman–Crippen LogP) is 2.98. The molecule has 0 saturated heterocycles. The highest BCUT2D eigenvalue weighted by Gasteiger charge is 2.30. The van der Waals surface area contributed by atoms with E-state index in [2.05, 4.69) is 6.07 Å². The number of rotatable bonds is 2. The zero-order valence-corrected chi connectivity index (χ0v) is 8.99. The second-order valence-electron chi connectivity index (χ2n) is 3.39. The van der Waals surface area contributed by atoms with Gasteiger partial charge in [0.05, 0.1) is 21.9 Å². The highest BCUT2D eigenvalue weighted by molar-refractivity contribution is 7.14. The number of hydrogen-bond acceptors (Lipinski definition) is 3. The molecule has 0 fully saturated rings. The summed E-state index contributed by atoms with van der Waals surface area (Å²) in [6.45, 7) is 3.37. The lowest BCUT2D eigenvalue weighted by Gasteiger charge is -2.22. The number of nitrogens with zero attached hydrogens (tertiary/aromatic N) is 1. The van der Waals surface area contributed by atoms with Crippen molar-refractivity contribution in [3.05, 3.63) is 21.3 Å². The normalized spacial score (nSPS) is 13.8. The number of aliphatic hydroxyl groups excluding tert-OH is 1. The second-order valence-corrected chi connectivity index (χ2v) is 4.90. The van der Waals surface area contributed by atoms with Crippen molar-refractivity contribution in [2.75, 3.05) is 0 Å². The van der Waals surface area contributed by atoms with Gasteiger partial charge in [-0.25, -0.2) is 0 Å². The summed E-state index contributed by atoms with van der Waals surface area (Å²) < 4.78 is 0.552. The Hall–Kier alpha value is -0.560. The fourth-order valence-electron chi connectivity index (χ4n) is 0.949. The van der Waals surface area contributed by atoms with E-state index >= 15 is 0 Å². The molecule has 4 heteroatoms. The first-order valence-electron chi connectivity index (χ1n) is 3.81. The number of thiophene rings is 1. The first kappa shape index (κ1) is 10.5. The van der Waals surface area contributed by atoms with Crippen molar-refractivity contribution in [2.24, 2.45) is 5.41 Å². The van der Waals surface area contributed by atoms with Gasteiger partial charge >= 0.3 is 0 Å². The Bertz CT molecular complexity index is 340. The van der Waals surface area contributed by atoms with E-state index in [1.807, 2.05) is 0 Å². The first-order chi connectivity index (χ1) is 5.99. The molecule has 0 aliphatic carbocycles. The Morgan fingerprint density at radius 3 is 2.69 bits per heavy atom. The van der Waals surface area contributed by atoms with Crippen LogP contribution in [-0.4, -0.2) is 5.11 Å². The van der Waals surface area contributed by atoms with Gasteiger partial charge in [-0.1, -0.05) is 11.6 Å². The summed E-state index contributed by atoms with van der Waals surface area (Å²) in [6.07, 6.45) is -0.823. The molecule has 0 amide bonds. The number of hydrogen-bond donors (Lipinski definition) is 1. The van der Waals surface area contributed by atoms with Gasteiger partial charge in [0.1, 0.15) is 0 Å². The van der Waals surface area contributed by atoms with Crippen LogP contribution in [0.25, 0.3) is 0 Å². The van der Waals surface area contributed by atoms with Crippen LogP contribution in [-0.2, 0) is 0 Å². The Morgan fingerprint density at radius 2 is 2.31 bits per heavy atom. The molecule has 0 aliphatic heterocycles. The molecule has 2 nitrogen and oxygen atoms in total. The smallest absolute Gasteiger partial charge is 0.0993 e. The molecule has 1 atom stereocenters. The molecule has 0 aromatic carbocycles. The van der Waals surface area contributed by atoms with Crippen LogP contribution in [0.5, 0.6) is 0 Å². The van der Waals surface area contributed by atoms with Gasteiger partial charge in [0.2, 0.25) is 0 Å². The highest BCUT2D eigenvalue weighted by Crippen LogP contribution is 2.38. The van der Waals surface area contributed by atoms with Gasteiger partial charge in [0, 0.05) is 5.56 Å². The Labute approximate surface area is 86.4 Å². The molecule has 1 aromatic heterocycles. The zero-order chi connectivity index (χ0) is 10.1. The van der Waals surface area contributed by atoms with E-state index in [1.165, 1.54) is 11.3 Å². The van der Waals surface area contributed by atoms with E-state index in [4.69, 9.17) is 16.9 Å². The van der Waals surface area contributed by atoms with E-state index in [0.29, 0.717) is 9.90 Å². The topological polar surface area (TPSA) is 44.0 Å². The van der Waals surface area contributed by atoms with Crippen LogP contribution in [0.2, 0.25) is 4.34 Å². The van der Waals surface area contributed by atoms with E-state index in [9.17, 15) is 5.11 Å². The first-order valence-corrected chi connectivity index (χ1v) is 5.07. The van der Waals surface area contributed by atoms with Crippen molar-refractivity contribution >= 4 is 22.9 Å². The summed E-state index contributed by atoms with van der Waals surface area (Å²) in [5.74, 6) is 0. The molecule has 0 spiro atoms. The zero-order valence-electron chi connectivity index (χ0n) is 7.41. The summed E-state index contributed by atoms with van der Waals surface area (Å²) in [4.78, 5) is 0. The van der Waals surface area contributed by atoms with E-state index in [0.717, 1.165) is 0 Å². The molecule has 13 heavy (non-hydrogen) atoms. The molecule has 0 aliphatic rings. The van der Waals surface area contributed by atoms with Crippen molar-refractivity contribution in [3.8, 4) is 6.07 Å². The van der Waals surface area contributed by atoms with E-state index in [1.54, 1.807) is 25.3 Å². The minimum atomic E-state index is -0.823. The summed E-state index contributed by atoms with van der Waals surface area (Å²) in [6, 6.07) is 3.80. The van der Waals surface area contributed by atoms with Gasteiger partial charge in [-0.15, -0.1) is 11.3 Å². The van der Waals surface area contributed by atoms with Crippen molar-refractivity contribution in [2.45, 2.75) is 20.0 Å². The third kappa shape index (κ3) is 2.02. The molecule has 0 bridgehead atoms. The Morgan fingerprint density at radius 1 is 1.69 bits per heavy atom.